The van der Waals surface area contributed by atoms with Crippen molar-refractivity contribution >= 4 is 11.8 Å². The van der Waals surface area contributed by atoms with Gasteiger partial charge in [0.05, 0.1) is 6.61 Å². The molecule has 0 bridgehead atoms. The third kappa shape index (κ3) is 4.90. The normalized spacial score (nSPS) is 12.4. The van der Waals surface area contributed by atoms with Crippen LogP contribution in [0.25, 0.3) is 0 Å². The molecular formula is C13H21NOS. The van der Waals surface area contributed by atoms with Crippen LogP contribution in [0.2, 0.25) is 0 Å². The van der Waals surface area contributed by atoms with Crippen molar-refractivity contribution in [3.8, 4) is 5.75 Å². The van der Waals surface area contributed by atoms with Crippen LogP contribution in [0.1, 0.15) is 31.9 Å². The fraction of sp³-hybridized carbons (Fsp3) is 0.538. The van der Waals surface area contributed by atoms with Crippen LogP contribution >= 0.6 is 11.8 Å². The Morgan fingerprint density at radius 1 is 1.44 bits per heavy atom. The van der Waals surface area contributed by atoms with Crippen molar-refractivity contribution in [3.05, 3.63) is 29.8 Å². The molecule has 0 unspecified atom stereocenters. The Kier molecular flexibility index (Phi) is 6.34. The van der Waals surface area contributed by atoms with Crippen molar-refractivity contribution < 1.29 is 4.74 Å². The minimum absolute atomic E-state index is 0.0687. The van der Waals surface area contributed by atoms with E-state index >= 15 is 0 Å². The van der Waals surface area contributed by atoms with Gasteiger partial charge in [-0.3, -0.25) is 0 Å². The van der Waals surface area contributed by atoms with E-state index in [2.05, 4.69) is 6.92 Å². The predicted octanol–water partition coefficient (Wildman–Crippen LogP) is 3.23. The molecule has 1 atom stereocenters. The van der Waals surface area contributed by atoms with Crippen LogP contribution in [0.15, 0.2) is 24.3 Å². The van der Waals surface area contributed by atoms with Gasteiger partial charge in [-0.15, -0.1) is 0 Å². The molecule has 0 heterocycles. The van der Waals surface area contributed by atoms with Crippen molar-refractivity contribution in [3.63, 3.8) is 0 Å². The number of ether oxygens (including phenoxy) is 1. The Balaban J connectivity index is 2.33. The van der Waals surface area contributed by atoms with Gasteiger partial charge in [-0.05, 0) is 42.5 Å². The molecule has 0 fully saturated rings. The fourth-order valence-electron chi connectivity index (χ4n) is 1.38. The zero-order valence-electron chi connectivity index (χ0n) is 10.1. The molecule has 0 saturated heterocycles. The van der Waals surface area contributed by atoms with Crippen molar-refractivity contribution in [1.82, 2.24) is 0 Å². The minimum Gasteiger partial charge on any atom is -0.494 e. The topological polar surface area (TPSA) is 35.2 Å². The second-order valence-corrected chi connectivity index (χ2v) is 5.15. The highest BCUT2D eigenvalue weighted by Gasteiger charge is 2.00. The van der Waals surface area contributed by atoms with E-state index in [-0.39, 0.29) is 6.04 Å². The molecule has 0 aliphatic heterocycles. The fourth-order valence-corrected chi connectivity index (χ4v) is 1.99. The molecule has 1 aromatic carbocycles. The summed E-state index contributed by atoms with van der Waals surface area (Å²) in [7, 11) is 0. The van der Waals surface area contributed by atoms with Gasteiger partial charge in [0.1, 0.15) is 5.75 Å². The maximum absolute atomic E-state index is 5.82. The molecule has 0 saturated carbocycles. The molecule has 2 N–H and O–H groups in total. The number of benzene rings is 1. The van der Waals surface area contributed by atoms with Crippen molar-refractivity contribution in [2.45, 2.75) is 26.3 Å². The second-order valence-electron chi connectivity index (χ2n) is 3.76. The van der Waals surface area contributed by atoms with Gasteiger partial charge in [0, 0.05) is 6.04 Å². The van der Waals surface area contributed by atoms with E-state index in [9.17, 15) is 0 Å². The Labute approximate surface area is 103 Å². The lowest BCUT2D eigenvalue weighted by Gasteiger charge is -2.09. The number of hydrogen-bond donors (Lipinski definition) is 1. The first-order valence-electron chi connectivity index (χ1n) is 5.80. The Morgan fingerprint density at radius 2 is 2.25 bits per heavy atom. The van der Waals surface area contributed by atoms with Crippen LogP contribution in [0.3, 0.4) is 0 Å². The Hall–Kier alpha value is -0.670. The van der Waals surface area contributed by atoms with E-state index in [0.717, 1.165) is 24.3 Å². The molecule has 0 radical (unpaired) electrons. The summed E-state index contributed by atoms with van der Waals surface area (Å²) >= 11 is 1.95. The zero-order chi connectivity index (χ0) is 11.8. The van der Waals surface area contributed by atoms with Gasteiger partial charge >= 0.3 is 0 Å². The summed E-state index contributed by atoms with van der Waals surface area (Å²) in [5, 5.41) is 0. The summed E-state index contributed by atoms with van der Waals surface area (Å²) in [6.07, 6.45) is 1.10. The highest BCUT2D eigenvalue weighted by molar-refractivity contribution is 7.99. The minimum atomic E-state index is 0.0687. The summed E-state index contributed by atoms with van der Waals surface area (Å²) < 4.78 is 5.67. The number of hydrogen-bond acceptors (Lipinski definition) is 3. The second kappa shape index (κ2) is 7.58. The van der Waals surface area contributed by atoms with Crippen LogP contribution in [0, 0.1) is 0 Å². The molecule has 16 heavy (non-hydrogen) atoms. The molecule has 0 amide bonds. The first-order valence-corrected chi connectivity index (χ1v) is 6.95. The lowest BCUT2D eigenvalue weighted by Crippen LogP contribution is -2.05. The molecular weight excluding hydrogens is 218 g/mol. The van der Waals surface area contributed by atoms with E-state index in [1.165, 1.54) is 11.5 Å². The Bertz CT molecular complexity index is 302. The first kappa shape index (κ1) is 13.4. The van der Waals surface area contributed by atoms with E-state index in [1.54, 1.807) is 0 Å². The molecule has 0 aliphatic carbocycles. The van der Waals surface area contributed by atoms with Crippen LogP contribution in [-0.4, -0.2) is 18.1 Å². The first-order chi connectivity index (χ1) is 7.74. The lowest BCUT2D eigenvalue weighted by molar-refractivity contribution is 0.318. The third-order valence-corrected chi connectivity index (χ3v) is 3.28. The van der Waals surface area contributed by atoms with E-state index in [4.69, 9.17) is 10.5 Å². The van der Waals surface area contributed by atoms with Gasteiger partial charge in [0.15, 0.2) is 0 Å². The molecule has 1 rings (SSSR count). The third-order valence-electron chi connectivity index (χ3n) is 2.29. The summed E-state index contributed by atoms with van der Waals surface area (Å²) in [6, 6.07) is 8.11. The number of thioether (sulfide) groups is 1. The smallest absolute Gasteiger partial charge is 0.119 e. The standard InChI is InChI=1S/C13H21NOS/c1-3-16-9-5-8-15-13-7-4-6-12(10-13)11(2)14/h4,6-7,10-11H,3,5,8-9,14H2,1-2H3/t11-/m0/s1. The Morgan fingerprint density at radius 3 is 2.94 bits per heavy atom. The van der Waals surface area contributed by atoms with E-state index < -0.39 is 0 Å². The average Bonchev–Trinajstić information content (AvgIpc) is 2.29. The number of nitrogens with two attached hydrogens (primary N) is 1. The molecule has 3 heteroatoms. The summed E-state index contributed by atoms with van der Waals surface area (Å²) in [4.78, 5) is 0. The average molecular weight is 239 g/mol. The predicted molar refractivity (Wildman–Crippen MR) is 72.2 cm³/mol. The van der Waals surface area contributed by atoms with Crippen LogP contribution < -0.4 is 10.5 Å². The van der Waals surface area contributed by atoms with Crippen molar-refractivity contribution in [2.24, 2.45) is 5.73 Å². The maximum atomic E-state index is 5.82. The molecule has 1 aromatic rings. The monoisotopic (exact) mass is 239 g/mol. The molecule has 2 nitrogen and oxygen atoms in total. The SMILES string of the molecule is CCSCCCOc1cccc([C@H](C)N)c1. The number of rotatable bonds is 7. The van der Waals surface area contributed by atoms with Crippen LogP contribution in [0.5, 0.6) is 5.75 Å². The molecule has 90 valence electrons. The summed E-state index contributed by atoms with van der Waals surface area (Å²) in [5.41, 5.74) is 6.94. The van der Waals surface area contributed by atoms with Crippen LogP contribution in [-0.2, 0) is 0 Å². The van der Waals surface area contributed by atoms with E-state index in [0.29, 0.717) is 0 Å². The molecule has 0 spiro atoms. The zero-order valence-corrected chi connectivity index (χ0v) is 10.9. The summed E-state index contributed by atoms with van der Waals surface area (Å²) in [5.74, 6) is 3.28. The molecule has 0 aliphatic rings. The maximum Gasteiger partial charge on any atom is 0.119 e. The van der Waals surface area contributed by atoms with Crippen molar-refractivity contribution in [1.29, 1.82) is 0 Å². The van der Waals surface area contributed by atoms with Gasteiger partial charge in [-0.25, -0.2) is 0 Å². The van der Waals surface area contributed by atoms with Gasteiger partial charge in [0.25, 0.3) is 0 Å². The van der Waals surface area contributed by atoms with Crippen LogP contribution in [0.4, 0.5) is 0 Å². The van der Waals surface area contributed by atoms with Gasteiger partial charge in [-0.1, -0.05) is 19.1 Å². The van der Waals surface area contributed by atoms with Gasteiger partial charge < -0.3 is 10.5 Å². The summed E-state index contributed by atoms with van der Waals surface area (Å²) in [6.45, 7) is 4.95. The van der Waals surface area contributed by atoms with E-state index in [1.807, 2.05) is 43.0 Å². The molecule has 0 aromatic heterocycles. The van der Waals surface area contributed by atoms with Gasteiger partial charge in [0.2, 0.25) is 0 Å². The van der Waals surface area contributed by atoms with Crippen molar-refractivity contribution in [2.75, 3.05) is 18.1 Å². The highest BCUT2D eigenvalue weighted by Crippen LogP contribution is 2.17. The highest BCUT2D eigenvalue weighted by atomic mass is 32.2. The van der Waals surface area contributed by atoms with Gasteiger partial charge in [-0.2, -0.15) is 11.8 Å². The largest absolute Gasteiger partial charge is 0.494 e. The quantitative estimate of drug-likeness (QED) is 0.742. The lowest BCUT2D eigenvalue weighted by atomic mass is 10.1.